The highest BCUT2D eigenvalue weighted by atomic mass is 32.2. The molecule has 1 fully saturated rings. The molecule has 0 radical (unpaired) electrons. The van der Waals surface area contributed by atoms with Crippen molar-refractivity contribution in [3.05, 3.63) is 11.9 Å². The largest absolute Gasteiger partial charge is 0.464 e. The first-order valence-electron chi connectivity index (χ1n) is 6.29. The van der Waals surface area contributed by atoms with Crippen LogP contribution in [0.1, 0.15) is 10.5 Å². The zero-order valence-corrected chi connectivity index (χ0v) is 12.1. The Morgan fingerprint density at radius 3 is 2.90 bits per heavy atom. The molecule has 0 aliphatic carbocycles. The standard InChI is InChI=1S/C11H17N5O3S/c1-19-10(17)9-8-16(14-13-9)3-2-12-11(18)15-4-6-20-7-5-15/h8H,2-7H2,1H3,(H,12,18). The number of carbonyl (C=O) groups excluding carboxylic acids is 2. The molecular weight excluding hydrogens is 282 g/mol. The summed E-state index contributed by atoms with van der Waals surface area (Å²) >= 11 is 1.86. The molecule has 1 aromatic rings. The minimum atomic E-state index is -0.522. The average molecular weight is 299 g/mol. The first kappa shape index (κ1) is 14.6. The van der Waals surface area contributed by atoms with Crippen LogP contribution in [0.3, 0.4) is 0 Å². The van der Waals surface area contributed by atoms with Crippen molar-refractivity contribution in [3.8, 4) is 0 Å². The van der Waals surface area contributed by atoms with E-state index in [0.29, 0.717) is 13.1 Å². The number of methoxy groups -OCH3 is 1. The Morgan fingerprint density at radius 1 is 1.45 bits per heavy atom. The molecule has 0 bridgehead atoms. The number of amides is 2. The van der Waals surface area contributed by atoms with Crippen LogP contribution >= 0.6 is 11.8 Å². The zero-order chi connectivity index (χ0) is 14.4. The topological polar surface area (TPSA) is 89.4 Å². The highest BCUT2D eigenvalue weighted by Crippen LogP contribution is 2.08. The van der Waals surface area contributed by atoms with E-state index >= 15 is 0 Å². The normalized spacial score (nSPS) is 14.9. The van der Waals surface area contributed by atoms with Gasteiger partial charge in [-0.15, -0.1) is 5.10 Å². The van der Waals surface area contributed by atoms with Crippen LogP contribution in [0, 0.1) is 0 Å². The summed E-state index contributed by atoms with van der Waals surface area (Å²) in [6.45, 7) is 2.46. The van der Waals surface area contributed by atoms with Gasteiger partial charge in [0.1, 0.15) is 0 Å². The minimum absolute atomic E-state index is 0.0568. The van der Waals surface area contributed by atoms with Crippen LogP contribution in [0.25, 0.3) is 0 Å². The molecule has 0 unspecified atom stereocenters. The van der Waals surface area contributed by atoms with Crippen LogP contribution in [0.4, 0.5) is 4.79 Å². The van der Waals surface area contributed by atoms with Gasteiger partial charge in [-0.25, -0.2) is 14.3 Å². The van der Waals surface area contributed by atoms with Crippen molar-refractivity contribution in [2.24, 2.45) is 0 Å². The summed E-state index contributed by atoms with van der Waals surface area (Å²) < 4.78 is 6.04. The molecule has 0 aromatic carbocycles. The molecule has 2 rings (SSSR count). The fourth-order valence-corrected chi connectivity index (χ4v) is 2.66. The van der Waals surface area contributed by atoms with Gasteiger partial charge in [-0.1, -0.05) is 5.21 Å². The van der Waals surface area contributed by atoms with Crippen molar-refractivity contribution in [1.82, 2.24) is 25.2 Å². The molecular formula is C11H17N5O3S. The molecule has 2 heterocycles. The Morgan fingerprint density at radius 2 is 2.20 bits per heavy atom. The number of thioether (sulfide) groups is 1. The molecule has 9 heteroatoms. The van der Waals surface area contributed by atoms with Crippen molar-refractivity contribution in [2.45, 2.75) is 6.54 Å². The maximum absolute atomic E-state index is 11.8. The average Bonchev–Trinajstić information content (AvgIpc) is 2.96. The number of nitrogens with zero attached hydrogens (tertiary/aromatic N) is 4. The predicted molar refractivity (Wildman–Crippen MR) is 73.7 cm³/mol. The third-order valence-corrected chi connectivity index (χ3v) is 3.79. The number of nitrogens with one attached hydrogen (secondary N) is 1. The summed E-state index contributed by atoms with van der Waals surface area (Å²) in [4.78, 5) is 24.8. The van der Waals surface area contributed by atoms with E-state index in [1.807, 2.05) is 11.8 Å². The van der Waals surface area contributed by atoms with Crippen molar-refractivity contribution >= 4 is 23.8 Å². The van der Waals surface area contributed by atoms with Crippen molar-refractivity contribution in [2.75, 3.05) is 38.2 Å². The van der Waals surface area contributed by atoms with Crippen LogP contribution in [-0.2, 0) is 11.3 Å². The lowest BCUT2D eigenvalue weighted by molar-refractivity contribution is 0.0594. The number of urea groups is 1. The van der Waals surface area contributed by atoms with E-state index < -0.39 is 5.97 Å². The number of rotatable bonds is 4. The zero-order valence-electron chi connectivity index (χ0n) is 11.2. The first-order valence-corrected chi connectivity index (χ1v) is 7.45. The van der Waals surface area contributed by atoms with Gasteiger partial charge >= 0.3 is 12.0 Å². The maximum atomic E-state index is 11.8. The molecule has 0 spiro atoms. The summed E-state index contributed by atoms with van der Waals surface area (Å²) in [6.07, 6.45) is 1.50. The number of hydrogen-bond acceptors (Lipinski definition) is 6. The van der Waals surface area contributed by atoms with E-state index in [-0.39, 0.29) is 11.7 Å². The molecule has 1 aromatic heterocycles. The van der Waals surface area contributed by atoms with Gasteiger partial charge in [-0.2, -0.15) is 11.8 Å². The van der Waals surface area contributed by atoms with Crippen LogP contribution in [-0.4, -0.2) is 70.1 Å². The fourth-order valence-electron chi connectivity index (χ4n) is 1.76. The second-order valence-corrected chi connectivity index (χ2v) is 5.41. The van der Waals surface area contributed by atoms with Crippen LogP contribution in [0.2, 0.25) is 0 Å². The molecule has 2 amide bonds. The predicted octanol–water partition coefficient (Wildman–Crippen LogP) is -0.177. The van der Waals surface area contributed by atoms with Gasteiger partial charge in [0.25, 0.3) is 0 Å². The van der Waals surface area contributed by atoms with E-state index in [4.69, 9.17) is 0 Å². The molecule has 20 heavy (non-hydrogen) atoms. The number of carbonyl (C=O) groups is 2. The summed E-state index contributed by atoms with van der Waals surface area (Å²) in [5.41, 5.74) is 0.159. The summed E-state index contributed by atoms with van der Waals surface area (Å²) in [6, 6.07) is -0.0568. The van der Waals surface area contributed by atoms with Crippen LogP contribution in [0.15, 0.2) is 6.20 Å². The Bertz CT molecular complexity index is 472. The Labute approximate surface area is 120 Å². The molecule has 1 aliphatic heterocycles. The quantitative estimate of drug-likeness (QED) is 0.776. The highest BCUT2D eigenvalue weighted by molar-refractivity contribution is 7.99. The maximum Gasteiger partial charge on any atom is 0.360 e. The SMILES string of the molecule is COC(=O)c1cn(CCNC(=O)N2CCSCC2)nn1. The van der Waals surface area contributed by atoms with E-state index in [1.165, 1.54) is 18.0 Å². The van der Waals surface area contributed by atoms with E-state index in [9.17, 15) is 9.59 Å². The fraction of sp³-hybridized carbons (Fsp3) is 0.636. The number of aromatic nitrogens is 3. The van der Waals surface area contributed by atoms with Gasteiger partial charge < -0.3 is 15.0 Å². The van der Waals surface area contributed by atoms with E-state index in [0.717, 1.165) is 24.6 Å². The van der Waals surface area contributed by atoms with E-state index in [2.05, 4.69) is 20.4 Å². The van der Waals surface area contributed by atoms with Crippen molar-refractivity contribution in [1.29, 1.82) is 0 Å². The lowest BCUT2D eigenvalue weighted by atomic mass is 10.5. The van der Waals surface area contributed by atoms with E-state index in [1.54, 1.807) is 4.90 Å². The Balaban J connectivity index is 1.73. The minimum Gasteiger partial charge on any atom is -0.464 e. The summed E-state index contributed by atoms with van der Waals surface area (Å²) in [5.74, 6) is 1.45. The molecule has 1 N–H and O–H groups in total. The molecule has 0 saturated carbocycles. The summed E-state index contributed by atoms with van der Waals surface area (Å²) in [7, 11) is 1.29. The van der Waals surface area contributed by atoms with Gasteiger partial charge in [-0.3, -0.25) is 0 Å². The number of ether oxygens (including phenoxy) is 1. The smallest absolute Gasteiger partial charge is 0.360 e. The molecule has 110 valence electrons. The lowest BCUT2D eigenvalue weighted by Crippen LogP contribution is -2.45. The second-order valence-electron chi connectivity index (χ2n) is 4.19. The molecule has 1 aliphatic rings. The van der Waals surface area contributed by atoms with Gasteiger partial charge in [0.2, 0.25) is 0 Å². The lowest BCUT2D eigenvalue weighted by Gasteiger charge is -2.26. The number of esters is 1. The van der Waals surface area contributed by atoms with Gasteiger partial charge in [0.15, 0.2) is 5.69 Å². The Hall–Kier alpha value is -1.77. The molecule has 0 atom stereocenters. The monoisotopic (exact) mass is 299 g/mol. The first-order chi connectivity index (χ1) is 9.70. The second kappa shape index (κ2) is 7.13. The number of hydrogen-bond donors (Lipinski definition) is 1. The van der Waals surface area contributed by atoms with Gasteiger partial charge in [0.05, 0.1) is 19.9 Å². The van der Waals surface area contributed by atoms with Crippen LogP contribution in [0.5, 0.6) is 0 Å². The van der Waals surface area contributed by atoms with Crippen molar-refractivity contribution < 1.29 is 14.3 Å². The van der Waals surface area contributed by atoms with Gasteiger partial charge in [0, 0.05) is 31.1 Å². The van der Waals surface area contributed by atoms with Crippen molar-refractivity contribution in [3.63, 3.8) is 0 Å². The van der Waals surface area contributed by atoms with Gasteiger partial charge in [-0.05, 0) is 0 Å². The van der Waals surface area contributed by atoms with Crippen LogP contribution < -0.4 is 5.32 Å². The highest BCUT2D eigenvalue weighted by Gasteiger charge is 2.16. The Kier molecular flexibility index (Phi) is 5.22. The summed E-state index contributed by atoms with van der Waals surface area (Å²) in [5, 5.41) is 10.3. The molecule has 8 nitrogen and oxygen atoms in total. The third-order valence-electron chi connectivity index (χ3n) is 2.85. The molecule has 1 saturated heterocycles. The third kappa shape index (κ3) is 3.86.